The van der Waals surface area contributed by atoms with E-state index in [1.54, 1.807) is 6.20 Å². The minimum absolute atomic E-state index is 0.0207. The van der Waals surface area contributed by atoms with E-state index in [9.17, 15) is 0 Å². The Balaban J connectivity index is 2.64. The first kappa shape index (κ1) is 11.0. The van der Waals surface area contributed by atoms with Crippen molar-refractivity contribution in [1.29, 1.82) is 0 Å². The van der Waals surface area contributed by atoms with Crippen molar-refractivity contribution in [2.45, 2.75) is 39.3 Å². The maximum Gasteiger partial charge on any atom is 0.138 e. The zero-order chi connectivity index (χ0) is 10.6. The SMILES string of the molecule is CC[C@H](C)Oc1ccc([C@@H](C)N)nc1. The van der Waals surface area contributed by atoms with Crippen LogP contribution in [0.2, 0.25) is 0 Å². The smallest absolute Gasteiger partial charge is 0.138 e. The number of rotatable bonds is 4. The summed E-state index contributed by atoms with van der Waals surface area (Å²) < 4.78 is 5.59. The van der Waals surface area contributed by atoms with Crippen molar-refractivity contribution >= 4 is 0 Å². The quantitative estimate of drug-likeness (QED) is 0.800. The van der Waals surface area contributed by atoms with Crippen LogP contribution in [-0.4, -0.2) is 11.1 Å². The molecule has 0 saturated heterocycles. The van der Waals surface area contributed by atoms with Gasteiger partial charge in [-0.25, -0.2) is 0 Å². The van der Waals surface area contributed by atoms with E-state index in [4.69, 9.17) is 10.5 Å². The molecule has 0 radical (unpaired) electrons. The number of nitrogens with zero attached hydrogens (tertiary/aromatic N) is 1. The largest absolute Gasteiger partial charge is 0.489 e. The molecule has 0 spiro atoms. The van der Waals surface area contributed by atoms with E-state index in [1.807, 2.05) is 26.0 Å². The van der Waals surface area contributed by atoms with E-state index in [0.717, 1.165) is 17.9 Å². The highest BCUT2D eigenvalue weighted by Crippen LogP contribution is 2.14. The van der Waals surface area contributed by atoms with Crippen LogP contribution < -0.4 is 10.5 Å². The number of ether oxygens (including phenoxy) is 1. The van der Waals surface area contributed by atoms with Crippen LogP contribution in [0.1, 0.15) is 38.9 Å². The first-order valence-electron chi connectivity index (χ1n) is 5.01. The average Bonchev–Trinajstić information content (AvgIpc) is 2.18. The topological polar surface area (TPSA) is 48.1 Å². The normalized spacial score (nSPS) is 14.9. The molecule has 0 fully saturated rings. The first-order chi connectivity index (χ1) is 6.63. The Labute approximate surface area is 85.3 Å². The Hall–Kier alpha value is -1.09. The summed E-state index contributed by atoms with van der Waals surface area (Å²) in [5.74, 6) is 0.809. The van der Waals surface area contributed by atoms with Gasteiger partial charge in [0.2, 0.25) is 0 Å². The molecular weight excluding hydrogens is 176 g/mol. The van der Waals surface area contributed by atoms with Crippen LogP contribution in [0.5, 0.6) is 5.75 Å². The molecule has 0 aliphatic carbocycles. The number of pyridine rings is 1. The highest BCUT2D eigenvalue weighted by molar-refractivity contribution is 5.21. The van der Waals surface area contributed by atoms with Gasteiger partial charge in [-0.15, -0.1) is 0 Å². The van der Waals surface area contributed by atoms with Crippen LogP contribution in [0, 0.1) is 0 Å². The molecular formula is C11H18N2O. The highest BCUT2D eigenvalue weighted by atomic mass is 16.5. The van der Waals surface area contributed by atoms with Crippen LogP contribution in [0.3, 0.4) is 0 Å². The molecule has 2 atom stereocenters. The molecule has 14 heavy (non-hydrogen) atoms. The predicted octanol–water partition coefficient (Wildman–Crippen LogP) is 2.28. The van der Waals surface area contributed by atoms with Crippen molar-refractivity contribution in [3.8, 4) is 5.75 Å². The molecule has 0 aromatic carbocycles. The number of hydrogen-bond donors (Lipinski definition) is 1. The Kier molecular flexibility index (Phi) is 3.89. The minimum atomic E-state index is -0.0207. The molecule has 1 heterocycles. The molecule has 2 N–H and O–H groups in total. The molecule has 78 valence electrons. The number of hydrogen-bond acceptors (Lipinski definition) is 3. The average molecular weight is 194 g/mol. The van der Waals surface area contributed by atoms with E-state index in [0.29, 0.717) is 0 Å². The molecule has 0 saturated carbocycles. The lowest BCUT2D eigenvalue weighted by Gasteiger charge is -2.12. The lowest BCUT2D eigenvalue weighted by atomic mass is 10.2. The predicted molar refractivity (Wildman–Crippen MR) is 57.2 cm³/mol. The summed E-state index contributed by atoms with van der Waals surface area (Å²) in [6.07, 6.45) is 2.96. The fourth-order valence-corrected chi connectivity index (χ4v) is 1.05. The third-order valence-electron chi connectivity index (χ3n) is 2.14. The Bertz CT molecular complexity index is 269. The molecule has 0 bridgehead atoms. The van der Waals surface area contributed by atoms with Gasteiger partial charge in [0.1, 0.15) is 5.75 Å². The van der Waals surface area contributed by atoms with Gasteiger partial charge in [0, 0.05) is 6.04 Å². The molecule has 3 heteroatoms. The Morgan fingerprint density at radius 2 is 2.14 bits per heavy atom. The van der Waals surface area contributed by atoms with Crippen molar-refractivity contribution in [2.24, 2.45) is 5.73 Å². The molecule has 0 amide bonds. The zero-order valence-electron chi connectivity index (χ0n) is 9.03. The second kappa shape index (κ2) is 4.96. The summed E-state index contributed by atoms with van der Waals surface area (Å²) in [4.78, 5) is 4.22. The second-order valence-electron chi connectivity index (χ2n) is 3.54. The summed E-state index contributed by atoms with van der Waals surface area (Å²) >= 11 is 0. The van der Waals surface area contributed by atoms with Crippen LogP contribution in [0.25, 0.3) is 0 Å². The summed E-state index contributed by atoms with van der Waals surface area (Å²) in [5.41, 5.74) is 6.58. The van der Waals surface area contributed by atoms with E-state index in [-0.39, 0.29) is 12.1 Å². The maximum absolute atomic E-state index is 5.69. The third kappa shape index (κ3) is 3.00. The van der Waals surface area contributed by atoms with Crippen LogP contribution in [0.4, 0.5) is 0 Å². The monoisotopic (exact) mass is 194 g/mol. The highest BCUT2D eigenvalue weighted by Gasteiger charge is 2.03. The molecule has 3 nitrogen and oxygen atoms in total. The molecule has 1 aromatic heterocycles. The molecule has 1 rings (SSSR count). The number of nitrogens with two attached hydrogens (primary N) is 1. The van der Waals surface area contributed by atoms with E-state index in [1.165, 1.54) is 0 Å². The van der Waals surface area contributed by atoms with Gasteiger partial charge in [0.15, 0.2) is 0 Å². The van der Waals surface area contributed by atoms with Gasteiger partial charge in [0.25, 0.3) is 0 Å². The molecule has 0 unspecified atom stereocenters. The van der Waals surface area contributed by atoms with E-state index < -0.39 is 0 Å². The zero-order valence-corrected chi connectivity index (χ0v) is 9.03. The van der Waals surface area contributed by atoms with Gasteiger partial charge in [0.05, 0.1) is 18.0 Å². The lowest BCUT2D eigenvalue weighted by molar-refractivity contribution is 0.216. The van der Waals surface area contributed by atoms with Crippen LogP contribution >= 0.6 is 0 Å². The lowest BCUT2D eigenvalue weighted by Crippen LogP contribution is -2.11. The third-order valence-corrected chi connectivity index (χ3v) is 2.14. The van der Waals surface area contributed by atoms with Gasteiger partial charge in [-0.1, -0.05) is 6.92 Å². The summed E-state index contributed by atoms with van der Waals surface area (Å²) in [6.45, 7) is 6.05. The maximum atomic E-state index is 5.69. The Morgan fingerprint density at radius 1 is 1.43 bits per heavy atom. The van der Waals surface area contributed by atoms with Gasteiger partial charge < -0.3 is 10.5 Å². The van der Waals surface area contributed by atoms with Crippen molar-refractivity contribution < 1.29 is 4.74 Å². The van der Waals surface area contributed by atoms with E-state index in [2.05, 4.69) is 11.9 Å². The van der Waals surface area contributed by atoms with Crippen molar-refractivity contribution in [3.05, 3.63) is 24.0 Å². The Morgan fingerprint density at radius 3 is 2.57 bits per heavy atom. The van der Waals surface area contributed by atoms with Crippen LogP contribution in [0.15, 0.2) is 18.3 Å². The molecule has 1 aromatic rings. The van der Waals surface area contributed by atoms with Gasteiger partial charge in [-0.2, -0.15) is 0 Å². The van der Waals surface area contributed by atoms with Crippen LogP contribution in [-0.2, 0) is 0 Å². The fourth-order valence-electron chi connectivity index (χ4n) is 1.05. The summed E-state index contributed by atoms with van der Waals surface area (Å²) in [7, 11) is 0. The number of aromatic nitrogens is 1. The van der Waals surface area contributed by atoms with Crippen molar-refractivity contribution in [2.75, 3.05) is 0 Å². The van der Waals surface area contributed by atoms with Crippen molar-refractivity contribution in [3.63, 3.8) is 0 Å². The molecule has 0 aliphatic heterocycles. The van der Waals surface area contributed by atoms with Gasteiger partial charge >= 0.3 is 0 Å². The summed E-state index contributed by atoms with van der Waals surface area (Å²) in [6, 6.07) is 3.80. The molecule has 0 aliphatic rings. The fraction of sp³-hybridized carbons (Fsp3) is 0.545. The van der Waals surface area contributed by atoms with Gasteiger partial charge in [-0.05, 0) is 32.4 Å². The van der Waals surface area contributed by atoms with Gasteiger partial charge in [-0.3, -0.25) is 4.98 Å². The standard InChI is InChI=1S/C11H18N2O/c1-4-8(2)14-10-5-6-11(9(3)12)13-7-10/h5-9H,4,12H2,1-3H3/t8-,9+/m0/s1. The minimum Gasteiger partial charge on any atom is -0.489 e. The van der Waals surface area contributed by atoms with Crippen molar-refractivity contribution in [1.82, 2.24) is 4.98 Å². The summed E-state index contributed by atoms with van der Waals surface area (Å²) in [5, 5.41) is 0. The second-order valence-corrected chi connectivity index (χ2v) is 3.54. The van der Waals surface area contributed by atoms with E-state index >= 15 is 0 Å². The first-order valence-corrected chi connectivity index (χ1v) is 5.01.